The van der Waals surface area contributed by atoms with Crippen molar-refractivity contribution in [2.75, 3.05) is 22.6 Å². The third-order valence-electron chi connectivity index (χ3n) is 5.34. The Morgan fingerprint density at radius 3 is 2.44 bits per heavy atom. The van der Waals surface area contributed by atoms with Gasteiger partial charge in [0, 0.05) is 29.1 Å². The fourth-order valence-electron chi connectivity index (χ4n) is 3.58. The van der Waals surface area contributed by atoms with E-state index >= 15 is 0 Å². The molecule has 0 bridgehead atoms. The van der Waals surface area contributed by atoms with Crippen LogP contribution in [0.2, 0.25) is 5.02 Å². The first-order valence-electron chi connectivity index (χ1n) is 11.0. The van der Waals surface area contributed by atoms with Crippen LogP contribution in [0.25, 0.3) is 0 Å². The van der Waals surface area contributed by atoms with E-state index in [1.54, 1.807) is 48.5 Å². The first kappa shape index (κ1) is 23.3. The Labute approximate surface area is 202 Å². The molecule has 8 heteroatoms. The van der Waals surface area contributed by atoms with Crippen molar-refractivity contribution in [1.29, 1.82) is 0 Å². The van der Waals surface area contributed by atoms with Gasteiger partial charge in [0.05, 0.1) is 18.0 Å². The Bertz CT molecular complexity index is 1210. The molecule has 0 atom stereocenters. The number of ether oxygens (including phenoxy) is 1. The lowest BCUT2D eigenvalue weighted by atomic mass is 10.0. The molecule has 0 aromatic heterocycles. The number of benzene rings is 3. The first-order valence-corrected chi connectivity index (χ1v) is 11.4. The fourth-order valence-corrected chi connectivity index (χ4v) is 3.71. The van der Waals surface area contributed by atoms with Crippen LogP contribution in [0.4, 0.5) is 17.1 Å². The van der Waals surface area contributed by atoms with Gasteiger partial charge in [0.2, 0.25) is 11.8 Å². The van der Waals surface area contributed by atoms with Gasteiger partial charge in [-0.3, -0.25) is 14.4 Å². The first-order chi connectivity index (χ1) is 16.5. The monoisotopic (exact) mass is 477 g/mol. The number of carbonyl (C=O) groups is 3. The highest BCUT2D eigenvalue weighted by molar-refractivity contribution is 6.30. The molecule has 0 saturated heterocycles. The van der Waals surface area contributed by atoms with Crippen molar-refractivity contribution in [2.45, 2.75) is 25.7 Å². The summed E-state index contributed by atoms with van der Waals surface area (Å²) in [6.45, 7) is 0.382. The molecule has 0 spiro atoms. The van der Waals surface area contributed by atoms with E-state index < -0.39 is 0 Å². The Hall–Kier alpha value is -3.84. The van der Waals surface area contributed by atoms with Crippen LogP contribution < -0.4 is 20.7 Å². The summed E-state index contributed by atoms with van der Waals surface area (Å²) >= 11 is 5.88. The van der Waals surface area contributed by atoms with E-state index in [0.717, 1.165) is 11.3 Å². The van der Waals surface area contributed by atoms with Crippen molar-refractivity contribution in [1.82, 2.24) is 0 Å². The highest BCUT2D eigenvalue weighted by Gasteiger charge is 2.15. The second-order valence-corrected chi connectivity index (χ2v) is 8.31. The van der Waals surface area contributed by atoms with E-state index in [4.69, 9.17) is 16.3 Å². The molecule has 0 unspecified atom stereocenters. The molecule has 3 aromatic carbocycles. The third-order valence-corrected chi connectivity index (χ3v) is 5.60. The highest BCUT2D eigenvalue weighted by Crippen LogP contribution is 2.27. The van der Waals surface area contributed by atoms with Gasteiger partial charge in [-0.25, -0.2) is 0 Å². The summed E-state index contributed by atoms with van der Waals surface area (Å²) in [5, 5.41) is 9.06. The van der Waals surface area contributed by atoms with Crippen molar-refractivity contribution in [3.05, 3.63) is 82.9 Å². The molecule has 0 aliphatic carbocycles. The molecule has 3 amide bonds. The second kappa shape index (κ2) is 10.9. The number of halogens is 1. The van der Waals surface area contributed by atoms with Crippen molar-refractivity contribution < 1.29 is 19.1 Å². The van der Waals surface area contributed by atoms with Crippen LogP contribution in [0.3, 0.4) is 0 Å². The Morgan fingerprint density at radius 1 is 0.941 bits per heavy atom. The van der Waals surface area contributed by atoms with Crippen LogP contribution in [-0.4, -0.2) is 24.3 Å². The van der Waals surface area contributed by atoms with Crippen molar-refractivity contribution >= 4 is 46.4 Å². The molecule has 34 heavy (non-hydrogen) atoms. The average Bonchev–Trinajstić information content (AvgIpc) is 2.83. The number of para-hydroxylation sites is 2. The fraction of sp³-hybridized carbons (Fsp3) is 0.192. The Morgan fingerprint density at radius 2 is 1.68 bits per heavy atom. The average molecular weight is 478 g/mol. The molecule has 7 nitrogen and oxygen atoms in total. The van der Waals surface area contributed by atoms with Gasteiger partial charge < -0.3 is 20.7 Å². The maximum absolute atomic E-state index is 12.5. The molecular weight excluding hydrogens is 454 g/mol. The standard InChI is InChI=1S/C26H24ClN3O4/c27-19-10-7-17(8-11-19)26(33)30-23-5-2-1-4-22(23)29-24(31)6-3-15-34-20-12-13-21-18(16-20)9-14-25(32)28-21/h1-2,4-5,7-8,10-13,16H,3,6,9,14-15H2,(H,28,32)(H,29,31)(H,30,33). The molecule has 1 aliphatic heterocycles. The smallest absolute Gasteiger partial charge is 0.255 e. The zero-order valence-corrected chi connectivity index (χ0v) is 19.2. The van der Waals surface area contributed by atoms with E-state index in [0.29, 0.717) is 53.6 Å². The van der Waals surface area contributed by atoms with Gasteiger partial charge in [-0.15, -0.1) is 0 Å². The number of hydrogen-bond acceptors (Lipinski definition) is 4. The lowest BCUT2D eigenvalue weighted by molar-refractivity contribution is -0.117. The number of carbonyl (C=O) groups excluding carboxylic acids is 3. The Kier molecular flexibility index (Phi) is 7.44. The minimum absolute atomic E-state index is 0.0262. The molecule has 4 rings (SSSR count). The zero-order valence-electron chi connectivity index (χ0n) is 18.4. The van der Waals surface area contributed by atoms with Gasteiger partial charge in [0.25, 0.3) is 5.91 Å². The van der Waals surface area contributed by atoms with Gasteiger partial charge in [-0.1, -0.05) is 23.7 Å². The summed E-state index contributed by atoms with van der Waals surface area (Å²) in [6.07, 6.45) is 1.95. The minimum Gasteiger partial charge on any atom is -0.494 e. The third kappa shape index (κ3) is 6.14. The molecule has 0 fully saturated rings. The number of fused-ring (bicyclic) bond motifs is 1. The predicted octanol–water partition coefficient (Wildman–Crippen LogP) is 5.27. The van der Waals surface area contributed by atoms with Crippen LogP contribution in [0, 0.1) is 0 Å². The number of anilines is 3. The number of hydrogen-bond donors (Lipinski definition) is 3. The summed E-state index contributed by atoms with van der Waals surface area (Å²) in [6, 6.07) is 19.2. The highest BCUT2D eigenvalue weighted by atomic mass is 35.5. The normalized spacial score (nSPS) is 12.3. The van der Waals surface area contributed by atoms with E-state index in [-0.39, 0.29) is 24.1 Å². The quantitative estimate of drug-likeness (QED) is 0.385. The summed E-state index contributed by atoms with van der Waals surface area (Å²) in [7, 11) is 0. The van der Waals surface area contributed by atoms with Crippen LogP contribution in [0.5, 0.6) is 5.75 Å². The van der Waals surface area contributed by atoms with Gasteiger partial charge in [0.1, 0.15) is 5.75 Å². The van der Waals surface area contributed by atoms with Gasteiger partial charge >= 0.3 is 0 Å². The second-order valence-electron chi connectivity index (χ2n) is 7.87. The summed E-state index contributed by atoms with van der Waals surface area (Å²) in [5.41, 5.74) is 3.37. The molecule has 3 aromatic rings. The van der Waals surface area contributed by atoms with Crippen LogP contribution in [-0.2, 0) is 16.0 Å². The van der Waals surface area contributed by atoms with Crippen molar-refractivity contribution in [2.24, 2.45) is 0 Å². The van der Waals surface area contributed by atoms with Gasteiger partial charge in [-0.2, -0.15) is 0 Å². The molecule has 1 heterocycles. The molecule has 3 N–H and O–H groups in total. The van der Waals surface area contributed by atoms with Crippen molar-refractivity contribution in [3.63, 3.8) is 0 Å². The Balaban J connectivity index is 1.26. The van der Waals surface area contributed by atoms with E-state index in [9.17, 15) is 14.4 Å². The van der Waals surface area contributed by atoms with Gasteiger partial charge in [0.15, 0.2) is 0 Å². The summed E-state index contributed by atoms with van der Waals surface area (Å²) in [5.74, 6) is 0.269. The van der Waals surface area contributed by atoms with Crippen LogP contribution in [0.1, 0.15) is 35.2 Å². The predicted molar refractivity (Wildman–Crippen MR) is 133 cm³/mol. The molecule has 0 saturated carbocycles. The minimum atomic E-state index is -0.295. The maximum atomic E-state index is 12.5. The summed E-state index contributed by atoms with van der Waals surface area (Å²) < 4.78 is 5.77. The topological polar surface area (TPSA) is 96.5 Å². The number of amides is 3. The largest absolute Gasteiger partial charge is 0.494 e. The number of rotatable bonds is 8. The van der Waals surface area contributed by atoms with Gasteiger partial charge in [-0.05, 0) is 73.0 Å². The SMILES string of the molecule is O=C1CCc2cc(OCCCC(=O)Nc3ccccc3NC(=O)c3ccc(Cl)cc3)ccc2N1. The molecule has 174 valence electrons. The van der Waals surface area contributed by atoms with E-state index in [1.807, 2.05) is 18.2 Å². The van der Waals surface area contributed by atoms with Crippen molar-refractivity contribution in [3.8, 4) is 5.75 Å². The maximum Gasteiger partial charge on any atom is 0.255 e. The lowest BCUT2D eigenvalue weighted by Crippen LogP contribution is -2.19. The van der Waals surface area contributed by atoms with E-state index in [2.05, 4.69) is 16.0 Å². The summed E-state index contributed by atoms with van der Waals surface area (Å²) in [4.78, 5) is 36.4. The van der Waals surface area contributed by atoms with Crippen LogP contribution >= 0.6 is 11.6 Å². The zero-order chi connectivity index (χ0) is 23.9. The molecule has 1 aliphatic rings. The van der Waals surface area contributed by atoms with Crippen LogP contribution in [0.15, 0.2) is 66.7 Å². The lowest BCUT2D eigenvalue weighted by Gasteiger charge is -2.17. The molecular formula is C26H24ClN3O4. The number of nitrogens with one attached hydrogen (secondary N) is 3. The van der Waals surface area contributed by atoms with E-state index in [1.165, 1.54) is 0 Å². The molecule has 0 radical (unpaired) electrons. The number of aryl methyl sites for hydroxylation is 1.